The fourth-order valence-electron chi connectivity index (χ4n) is 3.13. The fraction of sp³-hybridized carbons (Fsp3) is 0.143. The lowest BCUT2D eigenvalue weighted by Crippen LogP contribution is -2.35. The van der Waals surface area contributed by atoms with Gasteiger partial charge in [0.1, 0.15) is 18.7 Å². The van der Waals surface area contributed by atoms with E-state index in [0.717, 1.165) is 17.3 Å². The molecule has 0 aliphatic carbocycles. The maximum Gasteiger partial charge on any atom is 0.326 e. The highest BCUT2D eigenvalue weighted by Gasteiger charge is 2.41. The van der Waals surface area contributed by atoms with E-state index in [1.807, 2.05) is 31.2 Å². The number of nitrogens with one attached hydrogen (secondary N) is 1. The van der Waals surface area contributed by atoms with Crippen molar-refractivity contribution in [2.75, 3.05) is 11.9 Å². The fourth-order valence-corrected chi connectivity index (χ4v) is 3.85. The van der Waals surface area contributed by atoms with Crippen molar-refractivity contribution in [2.24, 2.45) is 0 Å². The molecule has 0 spiro atoms. The van der Waals surface area contributed by atoms with Crippen molar-refractivity contribution in [3.63, 3.8) is 0 Å². The second kappa shape index (κ2) is 8.55. The van der Waals surface area contributed by atoms with E-state index in [-0.39, 0.29) is 17.7 Å². The van der Waals surface area contributed by atoms with Crippen LogP contribution in [0.4, 0.5) is 16.5 Å². The summed E-state index contributed by atoms with van der Waals surface area (Å²) in [6.45, 7) is 1.19. The summed E-state index contributed by atoms with van der Waals surface area (Å²) < 4.78 is 5.14. The summed E-state index contributed by atoms with van der Waals surface area (Å²) in [7, 11) is 0. The molecule has 0 saturated carbocycles. The molecule has 2 aromatic carbocycles. The van der Waals surface area contributed by atoms with Gasteiger partial charge in [-0.2, -0.15) is 0 Å². The molecule has 4 rings (SSSR count). The lowest BCUT2D eigenvalue weighted by molar-refractivity contribution is -0.385. The average Bonchev–Trinajstić information content (AvgIpc) is 3.32. The van der Waals surface area contributed by atoms with Gasteiger partial charge in [-0.25, -0.2) is 4.98 Å². The first kappa shape index (κ1) is 21.1. The van der Waals surface area contributed by atoms with Crippen molar-refractivity contribution in [3.05, 3.63) is 80.3 Å². The third kappa shape index (κ3) is 4.18. The largest absolute Gasteiger partial charge is 0.458 e. The summed E-state index contributed by atoms with van der Waals surface area (Å²) in [6, 6.07) is 11.5. The minimum absolute atomic E-state index is 0.108. The number of ether oxygens (including phenoxy) is 1. The van der Waals surface area contributed by atoms with Gasteiger partial charge in [0.15, 0.2) is 5.13 Å². The third-order valence-electron chi connectivity index (χ3n) is 4.70. The maximum atomic E-state index is 12.5. The summed E-state index contributed by atoms with van der Waals surface area (Å²) in [5.74, 6) is -2.50. The predicted octanol–water partition coefficient (Wildman–Crippen LogP) is 3.44. The molecule has 0 radical (unpaired) electrons. The van der Waals surface area contributed by atoms with Gasteiger partial charge in [0.2, 0.25) is 0 Å². The first-order valence-electron chi connectivity index (χ1n) is 9.41. The lowest BCUT2D eigenvalue weighted by atomic mass is 10.1. The Morgan fingerprint density at radius 3 is 2.66 bits per heavy atom. The van der Waals surface area contributed by atoms with Crippen molar-refractivity contribution in [2.45, 2.75) is 13.5 Å². The van der Waals surface area contributed by atoms with E-state index in [1.165, 1.54) is 23.5 Å². The summed E-state index contributed by atoms with van der Waals surface area (Å²) in [4.78, 5) is 52.6. The Hall–Kier alpha value is -4.12. The first-order chi connectivity index (χ1) is 15.3. The van der Waals surface area contributed by atoms with Crippen LogP contribution in [0.5, 0.6) is 0 Å². The molecule has 10 nitrogen and oxygen atoms in total. The quantitative estimate of drug-likeness (QED) is 0.250. The minimum atomic E-state index is -0.896. The summed E-state index contributed by atoms with van der Waals surface area (Å²) >= 11 is 1.33. The minimum Gasteiger partial charge on any atom is -0.458 e. The predicted molar refractivity (Wildman–Crippen MR) is 115 cm³/mol. The molecule has 3 aromatic rings. The van der Waals surface area contributed by atoms with E-state index < -0.39 is 34.9 Å². The van der Waals surface area contributed by atoms with Gasteiger partial charge in [0, 0.05) is 17.1 Å². The number of carbonyl (C=O) groups is 3. The molecule has 0 fully saturated rings. The number of imide groups is 1. The van der Waals surface area contributed by atoms with Gasteiger partial charge in [-0.15, -0.1) is 11.3 Å². The van der Waals surface area contributed by atoms with Crippen LogP contribution in [0.2, 0.25) is 0 Å². The zero-order valence-electron chi connectivity index (χ0n) is 16.7. The molecule has 1 N–H and O–H groups in total. The lowest BCUT2D eigenvalue weighted by Gasteiger charge is -2.12. The number of thiazole rings is 1. The van der Waals surface area contributed by atoms with Crippen LogP contribution in [0, 0.1) is 17.0 Å². The monoisotopic (exact) mass is 452 g/mol. The Kier molecular flexibility index (Phi) is 5.65. The normalized spacial score (nSPS) is 12.6. The molecule has 1 aliphatic rings. The smallest absolute Gasteiger partial charge is 0.326 e. The maximum absolute atomic E-state index is 12.5. The van der Waals surface area contributed by atoms with Crippen molar-refractivity contribution >= 4 is 45.6 Å². The Labute approximate surface area is 185 Å². The zero-order valence-corrected chi connectivity index (χ0v) is 17.5. The summed E-state index contributed by atoms with van der Waals surface area (Å²) in [5, 5.41) is 16.6. The highest BCUT2D eigenvalue weighted by Crippen LogP contribution is 2.30. The number of fused-ring (bicyclic) bond motifs is 1. The number of amides is 2. The van der Waals surface area contributed by atoms with Crippen LogP contribution in [0.1, 0.15) is 32.0 Å². The van der Waals surface area contributed by atoms with E-state index >= 15 is 0 Å². The van der Waals surface area contributed by atoms with Gasteiger partial charge in [-0.1, -0.05) is 23.8 Å². The van der Waals surface area contributed by atoms with Crippen LogP contribution in [0.25, 0.3) is 0 Å². The van der Waals surface area contributed by atoms with Crippen LogP contribution < -0.4 is 5.32 Å². The molecule has 1 aliphatic heterocycles. The Balaban J connectivity index is 1.36. The molecule has 2 heterocycles. The number of hydrogen-bond donors (Lipinski definition) is 1. The van der Waals surface area contributed by atoms with Gasteiger partial charge in [-0.05, 0) is 25.1 Å². The third-order valence-corrected chi connectivity index (χ3v) is 5.50. The average molecular weight is 452 g/mol. The Bertz CT molecular complexity index is 1240. The van der Waals surface area contributed by atoms with E-state index in [2.05, 4.69) is 10.3 Å². The second-order valence-corrected chi connectivity index (χ2v) is 7.81. The number of nitrogens with zero attached hydrogens (tertiary/aromatic N) is 3. The number of esters is 1. The standard InChI is InChI=1S/C21H16N4O6S/c1-12-5-7-13(8-6-12)22-21-23-14(11-32-21)10-31-17(26)9-24-19(27)15-3-2-4-16(25(29)30)18(15)20(24)28/h2-8,11H,9-10H2,1H3,(H,22,23). The van der Waals surface area contributed by atoms with E-state index in [4.69, 9.17) is 4.74 Å². The van der Waals surface area contributed by atoms with Crippen LogP contribution in [-0.4, -0.2) is 39.1 Å². The molecule has 2 amide bonds. The van der Waals surface area contributed by atoms with Gasteiger partial charge in [-0.3, -0.25) is 29.4 Å². The van der Waals surface area contributed by atoms with Crippen LogP contribution in [0.3, 0.4) is 0 Å². The number of carbonyl (C=O) groups excluding carboxylic acids is 3. The summed E-state index contributed by atoms with van der Waals surface area (Å²) in [5.41, 5.74) is 1.59. The Morgan fingerprint density at radius 1 is 1.19 bits per heavy atom. The molecular weight excluding hydrogens is 436 g/mol. The molecule has 0 saturated heterocycles. The number of nitro benzene ring substituents is 1. The molecule has 32 heavy (non-hydrogen) atoms. The number of nitro groups is 1. The van der Waals surface area contributed by atoms with Gasteiger partial charge in [0.05, 0.1) is 16.2 Å². The van der Waals surface area contributed by atoms with Crippen LogP contribution >= 0.6 is 11.3 Å². The molecule has 0 bridgehead atoms. The number of aryl methyl sites for hydroxylation is 1. The highest BCUT2D eigenvalue weighted by atomic mass is 32.1. The van der Waals surface area contributed by atoms with Gasteiger partial charge in [0.25, 0.3) is 17.5 Å². The Morgan fingerprint density at radius 2 is 1.94 bits per heavy atom. The molecule has 11 heteroatoms. The molecular formula is C21H16N4O6S. The van der Waals surface area contributed by atoms with E-state index in [9.17, 15) is 24.5 Å². The van der Waals surface area contributed by atoms with Crippen LogP contribution in [-0.2, 0) is 16.1 Å². The number of aromatic nitrogens is 1. The zero-order chi connectivity index (χ0) is 22.8. The number of rotatable bonds is 7. The van der Waals surface area contributed by atoms with E-state index in [1.54, 1.807) is 5.38 Å². The number of anilines is 2. The number of hydrogen-bond acceptors (Lipinski definition) is 9. The van der Waals surface area contributed by atoms with Crippen molar-refractivity contribution in [1.29, 1.82) is 0 Å². The highest BCUT2D eigenvalue weighted by molar-refractivity contribution is 7.13. The molecule has 1 aromatic heterocycles. The molecule has 0 unspecified atom stereocenters. The van der Waals surface area contributed by atoms with Crippen molar-refractivity contribution < 1.29 is 24.0 Å². The first-order valence-corrected chi connectivity index (χ1v) is 10.3. The van der Waals surface area contributed by atoms with E-state index in [0.29, 0.717) is 15.7 Å². The number of benzene rings is 2. The van der Waals surface area contributed by atoms with Crippen LogP contribution in [0.15, 0.2) is 47.8 Å². The van der Waals surface area contributed by atoms with Crippen molar-refractivity contribution in [3.8, 4) is 0 Å². The SMILES string of the molecule is Cc1ccc(Nc2nc(COC(=O)CN3C(=O)c4cccc([N+](=O)[O-])c4C3=O)cs2)cc1. The second-order valence-electron chi connectivity index (χ2n) is 6.95. The molecule has 162 valence electrons. The topological polar surface area (TPSA) is 132 Å². The summed E-state index contributed by atoms with van der Waals surface area (Å²) in [6.07, 6.45) is 0. The van der Waals surface area contributed by atoms with Gasteiger partial charge < -0.3 is 10.1 Å². The van der Waals surface area contributed by atoms with Crippen molar-refractivity contribution in [1.82, 2.24) is 9.88 Å². The molecule has 0 atom stereocenters. The van der Waals surface area contributed by atoms with Gasteiger partial charge >= 0.3 is 5.97 Å².